The van der Waals surface area contributed by atoms with Gasteiger partial charge >= 0.3 is 11.9 Å². The Morgan fingerprint density at radius 2 is 2.10 bits per heavy atom. The van der Waals surface area contributed by atoms with Crippen molar-refractivity contribution in [3.05, 3.63) is 34.8 Å². The molecular formula is C19H23N3O6S. The van der Waals surface area contributed by atoms with Crippen LogP contribution in [0.15, 0.2) is 28.7 Å². The molecule has 0 bridgehead atoms. The Kier molecular flexibility index (Phi) is 8.41. The number of hydrazone groups is 1. The van der Waals surface area contributed by atoms with E-state index in [0.29, 0.717) is 35.5 Å². The van der Waals surface area contributed by atoms with E-state index in [4.69, 9.17) is 19.3 Å². The molecule has 9 nitrogen and oxygen atoms in total. The van der Waals surface area contributed by atoms with Crippen LogP contribution in [0.25, 0.3) is 0 Å². The maximum absolute atomic E-state index is 11.5. The van der Waals surface area contributed by atoms with Crippen LogP contribution in [0.1, 0.15) is 32.0 Å². The van der Waals surface area contributed by atoms with Crippen LogP contribution in [-0.4, -0.2) is 47.6 Å². The Labute approximate surface area is 172 Å². The fraction of sp³-hybridized carbons (Fsp3) is 0.368. The summed E-state index contributed by atoms with van der Waals surface area (Å²) in [4.78, 5) is 26.7. The number of aliphatic carboxylic acids is 1. The number of carboxylic acids is 1. The van der Waals surface area contributed by atoms with Crippen LogP contribution in [0.5, 0.6) is 11.5 Å². The van der Waals surface area contributed by atoms with Crippen molar-refractivity contribution in [1.82, 2.24) is 4.98 Å². The summed E-state index contributed by atoms with van der Waals surface area (Å²) in [5.41, 5.74) is 4.14. The zero-order valence-corrected chi connectivity index (χ0v) is 17.2. The van der Waals surface area contributed by atoms with Crippen molar-refractivity contribution < 1.29 is 28.9 Å². The summed E-state index contributed by atoms with van der Waals surface area (Å²) in [6, 6.07) is 5.06. The first kappa shape index (κ1) is 22.2. The molecule has 2 N–H and O–H groups in total. The molecule has 0 fully saturated rings. The number of aromatic nitrogens is 1. The molecule has 1 atom stereocenters. The third-order valence-electron chi connectivity index (χ3n) is 3.48. The zero-order chi connectivity index (χ0) is 21.2. The van der Waals surface area contributed by atoms with Crippen LogP contribution < -0.4 is 14.9 Å². The van der Waals surface area contributed by atoms with Gasteiger partial charge in [0.1, 0.15) is 0 Å². The Bertz CT molecular complexity index is 867. The van der Waals surface area contributed by atoms with Crippen LogP contribution in [-0.2, 0) is 20.7 Å². The van der Waals surface area contributed by atoms with Gasteiger partial charge in [-0.3, -0.25) is 10.2 Å². The van der Waals surface area contributed by atoms with Gasteiger partial charge in [-0.1, -0.05) is 0 Å². The summed E-state index contributed by atoms with van der Waals surface area (Å²) in [5, 5.41) is 15.4. The van der Waals surface area contributed by atoms with Gasteiger partial charge in [-0.2, -0.15) is 5.10 Å². The lowest BCUT2D eigenvalue weighted by Gasteiger charge is -2.15. The monoisotopic (exact) mass is 421 g/mol. The molecule has 0 saturated heterocycles. The lowest BCUT2D eigenvalue weighted by molar-refractivity contribution is -0.144. The van der Waals surface area contributed by atoms with Crippen molar-refractivity contribution in [1.29, 1.82) is 0 Å². The summed E-state index contributed by atoms with van der Waals surface area (Å²) in [7, 11) is 0. The molecule has 1 unspecified atom stereocenters. The second kappa shape index (κ2) is 11.0. The first-order chi connectivity index (χ1) is 13.9. The summed E-state index contributed by atoms with van der Waals surface area (Å²) >= 11 is 1.32. The van der Waals surface area contributed by atoms with Gasteiger partial charge in [0.05, 0.1) is 31.5 Å². The van der Waals surface area contributed by atoms with Crippen LogP contribution in [0.2, 0.25) is 0 Å². The van der Waals surface area contributed by atoms with Crippen LogP contribution in [0.3, 0.4) is 0 Å². The Hall–Kier alpha value is -3.14. The number of esters is 1. The van der Waals surface area contributed by atoms with Gasteiger partial charge in [-0.25, -0.2) is 9.78 Å². The number of ether oxygens (including phenoxy) is 3. The summed E-state index contributed by atoms with van der Waals surface area (Å²) in [5.74, 6) is -0.616. The lowest BCUT2D eigenvalue weighted by atomic mass is 10.2. The fourth-order valence-electron chi connectivity index (χ4n) is 2.17. The molecule has 0 aliphatic carbocycles. The molecule has 156 valence electrons. The van der Waals surface area contributed by atoms with Gasteiger partial charge < -0.3 is 19.3 Å². The topological polar surface area (TPSA) is 119 Å². The first-order valence-corrected chi connectivity index (χ1v) is 9.86. The van der Waals surface area contributed by atoms with Crippen molar-refractivity contribution in [3.63, 3.8) is 0 Å². The highest BCUT2D eigenvalue weighted by molar-refractivity contribution is 7.13. The number of thiazole rings is 1. The molecule has 1 aromatic heterocycles. The normalized spacial score (nSPS) is 11.8. The smallest absolute Gasteiger partial charge is 0.344 e. The van der Waals surface area contributed by atoms with E-state index >= 15 is 0 Å². The SMILES string of the molecule is CCOC(=O)Cc1csc(NN=Cc2ccc(OC(C)C(=O)O)c(OCC)c2)n1. The fourth-order valence-corrected chi connectivity index (χ4v) is 2.83. The molecule has 2 rings (SSSR count). The zero-order valence-electron chi connectivity index (χ0n) is 16.4. The van der Waals surface area contributed by atoms with Crippen molar-refractivity contribution in [2.75, 3.05) is 18.6 Å². The van der Waals surface area contributed by atoms with Gasteiger partial charge in [-0.15, -0.1) is 11.3 Å². The predicted molar refractivity (Wildman–Crippen MR) is 109 cm³/mol. The van der Waals surface area contributed by atoms with Crippen LogP contribution in [0.4, 0.5) is 5.13 Å². The Balaban J connectivity index is 2.01. The predicted octanol–water partition coefficient (Wildman–Crippen LogP) is 2.95. The number of hydrogen-bond donors (Lipinski definition) is 2. The molecule has 0 radical (unpaired) electrons. The maximum Gasteiger partial charge on any atom is 0.344 e. The molecule has 1 heterocycles. The summed E-state index contributed by atoms with van der Waals surface area (Å²) in [6.07, 6.45) is 0.687. The van der Waals surface area contributed by atoms with Crippen molar-refractivity contribution in [2.45, 2.75) is 33.3 Å². The second-order valence-electron chi connectivity index (χ2n) is 5.73. The number of benzene rings is 1. The van der Waals surface area contributed by atoms with E-state index in [1.54, 1.807) is 36.7 Å². The highest BCUT2D eigenvalue weighted by Crippen LogP contribution is 2.29. The van der Waals surface area contributed by atoms with Gasteiger partial charge in [0, 0.05) is 5.38 Å². The van der Waals surface area contributed by atoms with Crippen LogP contribution in [0, 0.1) is 0 Å². The molecule has 0 aliphatic heterocycles. The van der Waals surface area contributed by atoms with Crippen molar-refractivity contribution in [3.8, 4) is 11.5 Å². The number of carbonyl (C=O) groups excluding carboxylic acids is 1. The Morgan fingerprint density at radius 1 is 1.31 bits per heavy atom. The third-order valence-corrected chi connectivity index (χ3v) is 4.27. The minimum Gasteiger partial charge on any atom is -0.490 e. The molecular weight excluding hydrogens is 398 g/mol. The quantitative estimate of drug-likeness (QED) is 0.323. The van der Waals surface area contributed by atoms with E-state index in [1.807, 2.05) is 6.92 Å². The van der Waals surface area contributed by atoms with E-state index in [2.05, 4.69) is 15.5 Å². The highest BCUT2D eigenvalue weighted by Gasteiger charge is 2.15. The summed E-state index contributed by atoms with van der Waals surface area (Å²) in [6.45, 7) is 5.76. The third kappa shape index (κ3) is 7.07. The van der Waals surface area contributed by atoms with E-state index in [9.17, 15) is 9.59 Å². The number of nitrogens with zero attached hydrogens (tertiary/aromatic N) is 2. The number of nitrogens with one attached hydrogen (secondary N) is 1. The molecule has 2 aromatic rings. The minimum absolute atomic E-state index is 0.115. The molecule has 29 heavy (non-hydrogen) atoms. The first-order valence-electron chi connectivity index (χ1n) is 8.98. The molecule has 1 aromatic carbocycles. The Morgan fingerprint density at radius 3 is 2.79 bits per heavy atom. The lowest BCUT2D eigenvalue weighted by Crippen LogP contribution is -2.23. The van der Waals surface area contributed by atoms with E-state index < -0.39 is 12.1 Å². The van der Waals surface area contributed by atoms with Crippen LogP contribution >= 0.6 is 11.3 Å². The largest absolute Gasteiger partial charge is 0.490 e. The number of carbonyl (C=O) groups is 2. The van der Waals surface area contributed by atoms with Crippen molar-refractivity contribution in [2.24, 2.45) is 5.10 Å². The molecule has 0 amide bonds. The van der Waals surface area contributed by atoms with E-state index in [1.165, 1.54) is 18.3 Å². The number of carboxylic acid groups (broad SMARTS) is 1. The molecule has 0 spiro atoms. The number of hydrogen-bond acceptors (Lipinski definition) is 9. The van der Waals surface area contributed by atoms with Gasteiger partial charge in [0.2, 0.25) is 5.13 Å². The van der Waals surface area contributed by atoms with Gasteiger partial charge in [0.15, 0.2) is 17.6 Å². The molecule has 0 aliphatic rings. The molecule has 0 saturated carbocycles. The van der Waals surface area contributed by atoms with Gasteiger partial charge in [0.25, 0.3) is 0 Å². The van der Waals surface area contributed by atoms with Gasteiger partial charge in [-0.05, 0) is 44.5 Å². The van der Waals surface area contributed by atoms with E-state index in [0.717, 1.165) is 5.56 Å². The van der Waals surface area contributed by atoms with E-state index in [-0.39, 0.29) is 12.4 Å². The molecule has 10 heteroatoms. The second-order valence-corrected chi connectivity index (χ2v) is 6.59. The highest BCUT2D eigenvalue weighted by atomic mass is 32.1. The standard InChI is InChI=1S/C19H23N3O6S/c1-4-26-16-8-13(6-7-15(16)28-12(3)18(24)25)10-20-22-19-21-14(11-29-19)9-17(23)27-5-2/h6-8,10-12H,4-5,9H2,1-3H3,(H,21,22)(H,24,25). The maximum atomic E-state index is 11.5. The number of anilines is 1. The number of rotatable bonds is 11. The van der Waals surface area contributed by atoms with Crippen molar-refractivity contribution >= 4 is 34.6 Å². The average Bonchev–Trinajstić information content (AvgIpc) is 3.11. The minimum atomic E-state index is -1.06. The summed E-state index contributed by atoms with van der Waals surface area (Å²) < 4.78 is 15.8. The average molecular weight is 421 g/mol.